The SMILES string of the molecule is O=C(O)c1cncc(N2C(=O)CCCCC2=O)c1. The summed E-state index contributed by atoms with van der Waals surface area (Å²) in [6.07, 6.45) is 4.44. The molecule has 2 heterocycles. The van der Waals surface area contributed by atoms with Gasteiger partial charge < -0.3 is 5.11 Å². The van der Waals surface area contributed by atoms with Crippen LogP contribution in [0, 0.1) is 0 Å². The van der Waals surface area contributed by atoms with Crippen LogP contribution in [0.2, 0.25) is 0 Å². The van der Waals surface area contributed by atoms with Crippen LogP contribution in [0.5, 0.6) is 0 Å². The van der Waals surface area contributed by atoms with Crippen molar-refractivity contribution >= 4 is 23.5 Å². The lowest BCUT2D eigenvalue weighted by atomic mass is 10.2. The van der Waals surface area contributed by atoms with Crippen LogP contribution in [0.15, 0.2) is 18.5 Å². The Labute approximate surface area is 103 Å². The lowest BCUT2D eigenvalue weighted by molar-refractivity contribution is -0.125. The average molecular weight is 248 g/mol. The number of nitrogens with zero attached hydrogens (tertiary/aromatic N) is 2. The summed E-state index contributed by atoms with van der Waals surface area (Å²) in [7, 11) is 0. The van der Waals surface area contributed by atoms with Crippen molar-refractivity contribution in [3.05, 3.63) is 24.0 Å². The number of aromatic nitrogens is 1. The van der Waals surface area contributed by atoms with Gasteiger partial charge in [-0.05, 0) is 18.9 Å². The fourth-order valence-electron chi connectivity index (χ4n) is 1.87. The third-order valence-electron chi connectivity index (χ3n) is 2.76. The number of anilines is 1. The number of pyridine rings is 1. The van der Waals surface area contributed by atoms with E-state index < -0.39 is 5.97 Å². The van der Waals surface area contributed by atoms with Gasteiger partial charge in [0.2, 0.25) is 11.8 Å². The minimum Gasteiger partial charge on any atom is -0.478 e. The van der Waals surface area contributed by atoms with Crippen molar-refractivity contribution in [3.8, 4) is 0 Å². The maximum absolute atomic E-state index is 11.8. The van der Waals surface area contributed by atoms with Crippen molar-refractivity contribution < 1.29 is 19.5 Å². The van der Waals surface area contributed by atoms with Gasteiger partial charge in [-0.15, -0.1) is 0 Å². The molecule has 1 aliphatic heterocycles. The van der Waals surface area contributed by atoms with Gasteiger partial charge in [-0.1, -0.05) is 0 Å². The molecule has 1 aromatic rings. The van der Waals surface area contributed by atoms with Gasteiger partial charge in [0.15, 0.2) is 0 Å². The second-order valence-electron chi connectivity index (χ2n) is 4.07. The number of imide groups is 1. The number of hydrogen-bond donors (Lipinski definition) is 1. The van der Waals surface area contributed by atoms with Gasteiger partial charge in [0.05, 0.1) is 17.4 Å². The lowest BCUT2D eigenvalue weighted by Crippen LogP contribution is -2.35. The number of carboxylic acid groups (broad SMARTS) is 1. The van der Waals surface area contributed by atoms with Gasteiger partial charge in [0.25, 0.3) is 0 Å². The quantitative estimate of drug-likeness (QED) is 0.795. The van der Waals surface area contributed by atoms with E-state index in [0.29, 0.717) is 25.7 Å². The van der Waals surface area contributed by atoms with Crippen molar-refractivity contribution in [2.75, 3.05) is 4.90 Å². The Morgan fingerprint density at radius 2 is 1.78 bits per heavy atom. The maximum Gasteiger partial charge on any atom is 0.337 e. The third-order valence-corrected chi connectivity index (χ3v) is 2.76. The van der Waals surface area contributed by atoms with Crippen LogP contribution in [0.1, 0.15) is 36.0 Å². The second-order valence-corrected chi connectivity index (χ2v) is 4.07. The van der Waals surface area contributed by atoms with Crippen LogP contribution in [0.4, 0.5) is 5.69 Å². The number of amides is 2. The van der Waals surface area contributed by atoms with E-state index in [1.54, 1.807) is 0 Å². The van der Waals surface area contributed by atoms with E-state index in [1.807, 2.05) is 0 Å². The molecule has 1 aromatic heterocycles. The topological polar surface area (TPSA) is 87.6 Å². The van der Waals surface area contributed by atoms with Crippen molar-refractivity contribution in [1.29, 1.82) is 0 Å². The molecule has 2 rings (SSSR count). The number of carboxylic acids is 1. The molecule has 6 heteroatoms. The fraction of sp³-hybridized carbons (Fsp3) is 0.333. The van der Waals surface area contributed by atoms with Crippen molar-refractivity contribution in [2.24, 2.45) is 0 Å². The van der Waals surface area contributed by atoms with E-state index in [0.717, 1.165) is 4.90 Å². The summed E-state index contributed by atoms with van der Waals surface area (Å²) in [5.41, 5.74) is 0.184. The molecule has 0 aliphatic carbocycles. The Bertz CT molecular complexity index is 495. The number of hydrogen-bond acceptors (Lipinski definition) is 4. The zero-order chi connectivity index (χ0) is 13.1. The van der Waals surface area contributed by atoms with Gasteiger partial charge in [-0.3, -0.25) is 14.6 Å². The molecule has 94 valence electrons. The standard InChI is InChI=1S/C12H12N2O4/c15-10-3-1-2-4-11(16)14(10)9-5-8(12(17)18)6-13-7-9/h5-7H,1-4H2,(H,17,18). The lowest BCUT2D eigenvalue weighted by Gasteiger charge is -2.18. The molecular weight excluding hydrogens is 236 g/mol. The van der Waals surface area contributed by atoms with Gasteiger partial charge in [-0.2, -0.15) is 0 Å². The Hall–Kier alpha value is -2.24. The summed E-state index contributed by atoms with van der Waals surface area (Å²) in [5.74, 6) is -1.75. The average Bonchev–Trinajstić information content (AvgIpc) is 2.51. The van der Waals surface area contributed by atoms with Crippen LogP contribution in [-0.2, 0) is 9.59 Å². The summed E-state index contributed by atoms with van der Waals surface area (Å²) >= 11 is 0. The molecule has 0 unspecified atom stereocenters. The zero-order valence-corrected chi connectivity index (χ0v) is 9.63. The molecule has 0 aromatic carbocycles. The van der Waals surface area contributed by atoms with Gasteiger partial charge in [-0.25, -0.2) is 9.69 Å². The van der Waals surface area contributed by atoms with Crippen molar-refractivity contribution in [2.45, 2.75) is 25.7 Å². The molecule has 2 amide bonds. The normalized spacial score (nSPS) is 16.6. The summed E-state index contributed by atoms with van der Waals surface area (Å²) in [5, 5.41) is 8.87. The highest BCUT2D eigenvalue weighted by Crippen LogP contribution is 2.21. The minimum atomic E-state index is -1.14. The summed E-state index contributed by atoms with van der Waals surface area (Å²) < 4.78 is 0. The van der Waals surface area contributed by atoms with Crippen LogP contribution in [0.25, 0.3) is 0 Å². The molecule has 1 fully saturated rings. The van der Waals surface area contributed by atoms with E-state index in [4.69, 9.17) is 5.11 Å². The van der Waals surface area contributed by atoms with Gasteiger partial charge in [0.1, 0.15) is 0 Å². The number of aromatic carboxylic acids is 1. The maximum atomic E-state index is 11.8. The van der Waals surface area contributed by atoms with Crippen LogP contribution in [-0.4, -0.2) is 27.9 Å². The first-order chi connectivity index (χ1) is 8.59. The summed E-state index contributed by atoms with van der Waals surface area (Å²) in [4.78, 5) is 39.3. The molecule has 0 radical (unpaired) electrons. The molecule has 18 heavy (non-hydrogen) atoms. The molecule has 0 atom stereocenters. The Morgan fingerprint density at radius 1 is 1.17 bits per heavy atom. The van der Waals surface area contributed by atoms with E-state index in [9.17, 15) is 14.4 Å². The molecule has 0 bridgehead atoms. The number of carbonyl (C=O) groups excluding carboxylic acids is 2. The van der Waals surface area contributed by atoms with E-state index in [2.05, 4.69) is 4.98 Å². The van der Waals surface area contributed by atoms with Crippen molar-refractivity contribution in [1.82, 2.24) is 4.98 Å². The first kappa shape index (κ1) is 12.2. The van der Waals surface area contributed by atoms with E-state index >= 15 is 0 Å². The first-order valence-corrected chi connectivity index (χ1v) is 5.64. The number of rotatable bonds is 2. The summed E-state index contributed by atoms with van der Waals surface area (Å²) in [6, 6.07) is 1.29. The predicted molar refractivity (Wildman–Crippen MR) is 62.2 cm³/mol. The Morgan fingerprint density at radius 3 is 2.33 bits per heavy atom. The molecule has 1 aliphatic rings. The van der Waals surface area contributed by atoms with E-state index in [1.165, 1.54) is 18.5 Å². The third kappa shape index (κ3) is 2.37. The van der Waals surface area contributed by atoms with Gasteiger partial charge >= 0.3 is 5.97 Å². The Kier molecular flexibility index (Phi) is 3.36. The molecule has 0 saturated carbocycles. The van der Waals surface area contributed by atoms with Crippen LogP contribution in [0.3, 0.4) is 0 Å². The predicted octanol–water partition coefficient (Wildman–Crippen LogP) is 1.21. The number of carbonyl (C=O) groups is 3. The molecule has 6 nitrogen and oxygen atoms in total. The zero-order valence-electron chi connectivity index (χ0n) is 9.63. The van der Waals surface area contributed by atoms with Gasteiger partial charge in [0, 0.05) is 19.0 Å². The largest absolute Gasteiger partial charge is 0.478 e. The van der Waals surface area contributed by atoms with E-state index in [-0.39, 0.29) is 23.1 Å². The Balaban J connectivity index is 2.39. The van der Waals surface area contributed by atoms with Crippen LogP contribution >= 0.6 is 0 Å². The first-order valence-electron chi connectivity index (χ1n) is 5.64. The molecule has 0 spiro atoms. The summed E-state index contributed by atoms with van der Waals surface area (Å²) in [6.45, 7) is 0. The van der Waals surface area contributed by atoms with Crippen LogP contribution < -0.4 is 4.90 Å². The highest BCUT2D eigenvalue weighted by molar-refractivity contribution is 6.15. The highest BCUT2D eigenvalue weighted by atomic mass is 16.4. The molecule has 1 saturated heterocycles. The molecular formula is C12H12N2O4. The minimum absolute atomic E-state index is 0.0441. The smallest absolute Gasteiger partial charge is 0.337 e. The monoisotopic (exact) mass is 248 g/mol. The van der Waals surface area contributed by atoms with Crippen molar-refractivity contribution in [3.63, 3.8) is 0 Å². The fourth-order valence-corrected chi connectivity index (χ4v) is 1.87. The molecule has 1 N–H and O–H groups in total. The second kappa shape index (κ2) is 4.95. The highest BCUT2D eigenvalue weighted by Gasteiger charge is 2.26.